The highest BCUT2D eigenvalue weighted by molar-refractivity contribution is 5.68. The molecule has 0 aliphatic carbocycles. The highest BCUT2D eigenvalue weighted by atomic mass is 16.8. The standard InChI is InChI=1S/C20H25NO12/c1-10(22)28-9-16-17(29-11(2)23)18(30-12(3)24)19(31-13(4)25)20(33-16)32-15-7-5-14(6-8-15)21(26)27/h5-8,16-21,26H,9H2,1-4H3/t16-,17+,18-,19+,20+/m0/s1. The summed E-state index contributed by atoms with van der Waals surface area (Å²) >= 11 is 0. The summed E-state index contributed by atoms with van der Waals surface area (Å²) in [6, 6.07) is 5.25. The summed E-state index contributed by atoms with van der Waals surface area (Å²) in [4.78, 5) is 46.6. The summed E-state index contributed by atoms with van der Waals surface area (Å²) in [6.07, 6.45) is -6.61. The normalized spacial score (nSPS) is 25.3. The predicted molar refractivity (Wildman–Crippen MR) is 105 cm³/mol. The quantitative estimate of drug-likeness (QED) is 0.285. The summed E-state index contributed by atoms with van der Waals surface area (Å²) in [6.45, 7) is 4.09. The van der Waals surface area contributed by atoms with Crippen LogP contribution in [-0.2, 0) is 42.9 Å². The van der Waals surface area contributed by atoms with Gasteiger partial charge in [0.1, 0.15) is 18.5 Å². The van der Waals surface area contributed by atoms with E-state index in [-0.39, 0.29) is 11.4 Å². The lowest BCUT2D eigenvalue weighted by atomic mass is 9.98. The van der Waals surface area contributed by atoms with Crippen LogP contribution in [0.1, 0.15) is 27.7 Å². The van der Waals surface area contributed by atoms with Gasteiger partial charge in [0.05, 0.1) is 0 Å². The fourth-order valence-corrected chi connectivity index (χ4v) is 3.09. The number of rotatable bonds is 8. The van der Waals surface area contributed by atoms with Gasteiger partial charge in [-0.1, -0.05) is 0 Å². The van der Waals surface area contributed by atoms with Gasteiger partial charge in [0.25, 0.3) is 0 Å². The van der Waals surface area contributed by atoms with Crippen molar-refractivity contribution in [3.63, 3.8) is 0 Å². The number of ether oxygens (including phenoxy) is 6. The van der Waals surface area contributed by atoms with E-state index >= 15 is 0 Å². The molecule has 0 bridgehead atoms. The zero-order valence-electron chi connectivity index (χ0n) is 18.3. The molecule has 0 radical (unpaired) electrons. The van der Waals surface area contributed by atoms with Crippen LogP contribution in [-0.4, -0.2) is 66.4 Å². The van der Waals surface area contributed by atoms with Crippen LogP contribution >= 0.6 is 0 Å². The molecule has 0 amide bonds. The molecule has 1 unspecified atom stereocenters. The average Bonchev–Trinajstić information content (AvgIpc) is 2.70. The lowest BCUT2D eigenvalue weighted by Gasteiger charge is -2.43. The molecule has 1 fully saturated rings. The van der Waals surface area contributed by atoms with Crippen molar-refractivity contribution in [1.82, 2.24) is 0 Å². The van der Waals surface area contributed by atoms with Crippen molar-refractivity contribution in [3.8, 4) is 5.75 Å². The van der Waals surface area contributed by atoms with Gasteiger partial charge < -0.3 is 33.6 Å². The highest BCUT2D eigenvalue weighted by Gasteiger charge is 2.53. The maximum absolute atomic E-state index is 11.8. The van der Waals surface area contributed by atoms with E-state index in [4.69, 9.17) is 33.6 Å². The molecule has 2 rings (SSSR count). The first-order valence-electron chi connectivity index (χ1n) is 9.78. The van der Waals surface area contributed by atoms with Crippen LogP contribution < -0.4 is 9.96 Å². The van der Waals surface area contributed by atoms with Crippen LogP contribution in [0.25, 0.3) is 0 Å². The molecular formula is C20H25NO12. The summed E-state index contributed by atoms with van der Waals surface area (Å²) in [5, 5.41) is 19.0. The number of hydrogen-bond acceptors (Lipinski definition) is 12. The number of hydrogen-bond donors (Lipinski definition) is 2. The van der Waals surface area contributed by atoms with Gasteiger partial charge in [-0.2, -0.15) is 5.23 Å². The minimum atomic E-state index is -1.40. The third-order valence-electron chi connectivity index (χ3n) is 4.30. The molecule has 182 valence electrons. The lowest BCUT2D eigenvalue weighted by molar-refractivity contribution is -0.991. The Hall–Kier alpha value is -3.26. The van der Waals surface area contributed by atoms with E-state index in [0.717, 1.165) is 27.7 Å². The van der Waals surface area contributed by atoms with E-state index in [1.54, 1.807) is 0 Å². The first-order chi connectivity index (χ1) is 15.5. The first kappa shape index (κ1) is 26.0. The monoisotopic (exact) mass is 471 g/mol. The van der Waals surface area contributed by atoms with Gasteiger partial charge in [0.2, 0.25) is 12.4 Å². The van der Waals surface area contributed by atoms with E-state index in [9.17, 15) is 24.4 Å². The Morgan fingerprint density at radius 3 is 1.88 bits per heavy atom. The van der Waals surface area contributed by atoms with Crippen LogP contribution in [0.2, 0.25) is 0 Å². The van der Waals surface area contributed by atoms with Gasteiger partial charge in [-0.15, -0.1) is 0 Å². The molecule has 0 spiro atoms. The smallest absolute Gasteiger partial charge is 0.303 e. The molecule has 6 atom stereocenters. The van der Waals surface area contributed by atoms with Gasteiger partial charge in [0.15, 0.2) is 17.9 Å². The molecule has 33 heavy (non-hydrogen) atoms. The van der Waals surface area contributed by atoms with Crippen molar-refractivity contribution in [3.05, 3.63) is 29.5 Å². The Morgan fingerprint density at radius 2 is 1.39 bits per heavy atom. The number of quaternary nitrogens is 1. The second kappa shape index (κ2) is 11.6. The van der Waals surface area contributed by atoms with Gasteiger partial charge in [-0.25, -0.2) is 5.21 Å². The van der Waals surface area contributed by atoms with E-state index in [1.807, 2.05) is 0 Å². The molecule has 13 heteroatoms. The Balaban J connectivity index is 2.42. The van der Waals surface area contributed by atoms with Crippen LogP contribution in [0.4, 0.5) is 5.69 Å². The molecule has 1 saturated heterocycles. The molecule has 1 aromatic carbocycles. The van der Waals surface area contributed by atoms with Crippen molar-refractivity contribution in [2.75, 3.05) is 6.61 Å². The zero-order valence-corrected chi connectivity index (χ0v) is 18.3. The number of carbonyl (C=O) groups excluding carboxylic acids is 4. The topological polar surface area (TPSA) is 171 Å². The fraction of sp³-hybridized carbons (Fsp3) is 0.500. The second-order valence-electron chi connectivity index (χ2n) is 7.02. The van der Waals surface area contributed by atoms with Crippen molar-refractivity contribution < 1.29 is 58.0 Å². The highest BCUT2D eigenvalue weighted by Crippen LogP contribution is 2.31. The number of benzene rings is 1. The molecular weight excluding hydrogens is 446 g/mol. The Morgan fingerprint density at radius 1 is 0.879 bits per heavy atom. The zero-order chi connectivity index (χ0) is 24.7. The maximum Gasteiger partial charge on any atom is 0.303 e. The number of carbonyl (C=O) groups is 4. The summed E-state index contributed by atoms with van der Waals surface area (Å²) < 4.78 is 32.4. The lowest BCUT2D eigenvalue weighted by Crippen LogP contribution is -2.99. The summed E-state index contributed by atoms with van der Waals surface area (Å²) in [5.74, 6) is -2.80. The van der Waals surface area contributed by atoms with Crippen molar-refractivity contribution >= 4 is 29.6 Å². The molecule has 0 saturated carbocycles. The van der Waals surface area contributed by atoms with Gasteiger partial charge in [-0.3, -0.25) is 19.2 Å². The molecule has 13 nitrogen and oxygen atoms in total. The van der Waals surface area contributed by atoms with Crippen molar-refractivity contribution in [1.29, 1.82) is 0 Å². The molecule has 1 aliphatic heterocycles. The fourth-order valence-electron chi connectivity index (χ4n) is 3.09. The second-order valence-corrected chi connectivity index (χ2v) is 7.02. The molecule has 2 N–H and O–H groups in total. The molecule has 0 aromatic heterocycles. The average molecular weight is 471 g/mol. The van der Waals surface area contributed by atoms with E-state index < -0.39 is 66.4 Å². The first-order valence-corrected chi connectivity index (χ1v) is 9.78. The van der Waals surface area contributed by atoms with Gasteiger partial charge in [-0.05, 0) is 12.1 Å². The van der Waals surface area contributed by atoms with Crippen LogP contribution in [0.15, 0.2) is 24.3 Å². The minimum absolute atomic E-state index is 0.00361. The molecule has 1 aromatic rings. The number of nitrogens with one attached hydrogen (secondary N) is 1. The minimum Gasteiger partial charge on any atom is -0.595 e. The summed E-state index contributed by atoms with van der Waals surface area (Å²) in [5.41, 5.74) is 0.00361. The van der Waals surface area contributed by atoms with Gasteiger partial charge >= 0.3 is 23.9 Å². The Bertz CT molecular complexity index is 855. The Kier molecular flexibility index (Phi) is 9.11. The van der Waals surface area contributed by atoms with E-state index in [1.165, 1.54) is 24.3 Å². The van der Waals surface area contributed by atoms with Crippen molar-refractivity contribution in [2.45, 2.75) is 58.4 Å². The molecule has 1 heterocycles. The molecule has 1 aliphatic rings. The van der Waals surface area contributed by atoms with Crippen LogP contribution in [0.3, 0.4) is 0 Å². The SMILES string of the molecule is CC(=O)OC[C@@H]1O[C@@H](Oc2ccc([NH+]([O-])O)cc2)[C@H](OC(C)=O)[C@@H](OC(C)=O)[C@@H]1OC(C)=O. The maximum atomic E-state index is 11.8. The van der Waals surface area contributed by atoms with E-state index in [2.05, 4.69) is 0 Å². The summed E-state index contributed by atoms with van der Waals surface area (Å²) in [7, 11) is 0. The van der Waals surface area contributed by atoms with E-state index in [0.29, 0.717) is 0 Å². The van der Waals surface area contributed by atoms with Crippen LogP contribution in [0.5, 0.6) is 5.75 Å². The third kappa shape index (κ3) is 7.68. The predicted octanol–water partition coefficient (Wildman–Crippen LogP) is -0.448. The number of esters is 4. The van der Waals surface area contributed by atoms with Crippen LogP contribution in [0, 0.1) is 5.21 Å². The largest absolute Gasteiger partial charge is 0.595 e. The Labute approximate surface area is 188 Å². The van der Waals surface area contributed by atoms with Crippen molar-refractivity contribution in [2.24, 2.45) is 0 Å². The van der Waals surface area contributed by atoms with Gasteiger partial charge in [0, 0.05) is 39.8 Å². The third-order valence-corrected chi connectivity index (χ3v) is 4.30.